The standard InChI is InChI=1S/C17H24ClN3O3/c1-3-6-24-11-8-13(15(23-2)20-9-11)17(22)12-7-10(18)4-5-14(12)21-16(17)19/h4-5,7,11,13,15,20,22H,3,6,8-9H2,1-2H3,(H2,19,21). The maximum absolute atomic E-state index is 11.5. The normalized spacial score (nSPS) is 32.5. The summed E-state index contributed by atoms with van der Waals surface area (Å²) in [6, 6.07) is 5.23. The van der Waals surface area contributed by atoms with Gasteiger partial charge in [0.2, 0.25) is 0 Å². The molecule has 2 heterocycles. The van der Waals surface area contributed by atoms with Gasteiger partial charge in [-0.2, -0.15) is 0 Å². The van der Waals surface area contributed by atoms with E-state index in [9.17, 15) is 5.11 Å². The number of amidine groups is 1. The molecule has 132 valence electrons. The lowest BCUT2D eigenvalue weighted by Crippen LogP contribution is -2.59. The third kappa shape index (κ3) is 2.93. The van der Waals surface area contributed by atoms with Crippen LogP contribution in [0.4, 0.5) is 5.69 Å². The summed E-state index contributed by atoms with van der Waals surface area (Å²) in [7, 11) is 1.61. The van der Waals surface area contributed by atoms with Crippen LogP contribution in [0, 0.1) is 5.92 Å². The summed E-state index contributed by atoms with van der Waals surface area (Å²) in [5.74, 6) is -0.161. The summed E-state index contributed by atoms with van der Waals surface area (Å²) in [5, 5.41) is 15.3. The minimum Gasteiger partial charge on any atom is -0.384 e. The molecule has 0 bridgehead atoms. The van der Waals surface area contributed by atoms with Crippen molar-refractivity contribution in [2.45, 2.75) is 37.7 Å². The van der Waals surface area contributed by atoms with E-state index in [0.717, 1.165) is 6.42 Å². The Balaban J connectivity index is 1.95. The van der Waals surface area contributed by atoms with Crippen molar-refractivity contribution in [1.29, 1.82) is 0 Å². The van der Waals surface area contributed by atoms with Gasteiger partial charge in [0.05, 0.1) is 11.8 Å². The van der Waals surface area contributed by atoms with Gasteiger partial charge in [-0.25, -0.2) is 4.99 Å². The van der Waals surface area contributed by atoms with Gasteiger partial charge in [-0.1, -0.05) is 18.5 Å². The molecular weight excluding hydrogens is 330 g/mol. The molecule has 1 saturated heterocycles. The third-order valence-electron chi connectivity index (χ3n) is 4.78. The predicted octanol–water partition coefficient (Wildman–Crippen LogP) is 1.91. The number of nitrogens with zero attached hydrogens (tertiary/aromatic N) is 1. The second-order valence-electron chi connectivity index (χ2n) is 6.32. The van der Waals surface area contributed by atoms with E-state index in [4.69, 9.17) is 26.8 Å². The highest BCUT2D eigenvalue weighted by Crippen LogP contribution is 2.46. The highest BCUT2D eigenvalue weighted by Gasteiger charge is 2.52. The zero-order chi connectivity index (χ0) is 17.3. The van der Waals surface area contributed by atoms with Gasteiger partial charge in [-0.15, -0.1) is 0 Å². The van der Waals surface area contributed by atoms with Gasteiger partial charge < -0.3 is 20.3 Å². The summed E-state index contributed by atoms with van der Waals surface area (Å²) < 4.78 is 11.4. The number of aliphatic hydroxyl groups is 1. The van der Waals surface area contributed by atoms with E-state index in [1.54, 1.807) is 25.3 Å². The molecule has 24 heavy (non-hydrogen) atoms. The third-order valence-corrected chi connectivity index (χ3v) is 5.01. The number of rotatable bonds is 5. The Morgan fingerprint density at radius 3 is 3.00 bits per heavy atom. The van der Waals surface area contributed by atoms with E-state index in [1.807, 2.05) is 0 Å². The molecule has 2 aliphatic rings. The molecule has 0 aliphatic carbocycles. The maximum Gasteiger partial charge on any atom is 0.155 e. The fraction of sp³-hybridized carbons (Fsp3) is 0.588. The van der Waals surface area contributed by atoms with Crippen molar-refractivity contribution >= 4 is 23.1 Å². The van der Waals surface area contributed by atoms with Gasteiger partial charge >= 0.3 is 0 Å². The highest BCUT2D eigenvalue weighted by molar-refractivity contribution is 6.30. The van der Waals surface area contributed by atoms with Crippen LogP contribution >= 0.6 is 11.6 Å². The molecule has 4 atom stereocenters. The molecule has 0 aromatic heterocycles. The van der Waals surface area contributed by atoms with Crippen LogP contribution in [0.1, 0.15) is 25.3 Å². The minimum absolute atomic E-state index is 0.0126. The van der Waals surface area contributed by atoms with E-state index in [0.29, 0.717) is 35.8 Å². The van der Waals surface area contributed by atoms with Gasteiger partial charge in [0.1, 0.15) is 12.1 Å². The number of piperidine rings is 1. The highest BCUT2D eigenvalue weighted by atomic mass is 35.5. The van der Waals surface area contributed by atoms with Gasteiger partial charge in [-0.3, -0.25) is 5.32 Å². The van der Waals surface area contributed by atoms with Crippen molar-refractivity contribution in [3.63, 3.8) is 0 Å². The second-order valence-corrected chi connectivity index (χ2v) is 6.76. The van der Waals surface area contributed by atoms with Crippen molar-refractivity contribution in [2.24, 2.45) is 16.6 Å². The summed E-state index contributed by atoms with van der Waals surface area (Å²) in [4.78, 5) is 4.34. The topological polar surface area (TPSA) is 89.1 Å². The lowest BCUT2D eigenvalue weighted by atomic mass is 9.75. The molecule has 7 heteroatoms. The number of nitrogens with one attached hydrogen (secondary N) is 1. The van der Waals surface area contributed by atoms with Crippen molar-refractivity contribution in [3.8, 4) is 0 Å². The lowest BCUT2D eigenvalue weighted by molar-refractivity contribution is -0.113. The molecule has 4 N–H and O–H groups in total. The monoisotopic (exact) mass is 353 g/mol. The Kier molecular flexibility index (Phi) is 5.13. The first kappa shape index (κ1) is 17.6. The molecule has 1 aromatic rings. The molecular formula is C17H24ClN3O3. The van der Waals surface area contributed by atoms with Crippen LogP contribution in [-0.4, -0.2) is 43.5 Å². The van der Waals surface area contributed by atoms with Crippen LogP contribution in [0.15, 0.2) is 23.2 Å². The number of benzene rings is 1. The molecule has 4 unspecified atom stereocenters. The summed E-state index contributed by atoms with van der Waals surface area (Å²) in [6.07, 6.45) is 1.20. The Hall–Kier alpha value is -1.18. The molecule has 2 aliphatic heterocycles. The first-order chi connectivity index (χ1) is 11.5. The number of ether oxygens (including phenoxy) is 2. The smallest absolute Gasteiger partial charge is 0.155 e. The van der Waals surface area contributed by atoms with Gasteiger partial charge in [0.25, 0.3) is 0 Å². The average Bonchev–Trinajstić information content (AvgIpc) is 2.84. The molecule has 0 saturated carbocycles. The van der Waals surface area contributed by atoms with E-state index in [-0.39, 0.29) is 24.1 Å². The second kappa shape index (κ2) is 6.98. The van der Waals surface area contributed by atoms with E-state index < -0.39 is 5.60 Å². The Labute approximate surface area is 147 Å². The number of nitrogens with two attached hydrogens (primary N) is 1. The number of halogens is 1. The summed E-state index contributed by atoms with van der Waals surface area (Å²) in [6.45, 7) is 3.42. The fourth-order valence-electron chi connectivity index (χ4n) is 3.58. The molecule has 1 fully saturated rings. The first-order valence-electron chi connectivity index (χ1n) is 8.25. The van der Waals surface area contributed by atoms with Crippen LogP contribution in [-0.2, 0) is 15.1 Å². The number of hydrogen-bond acceptors (Lipinski definition) is 6. The summed E-state index contributed by atoms with van der Waals surface area (Å²) in [5.41, 5.74) is 5.98. The zero-order valence-corrected chi connectivity index (χ0v) is 14.7. The zero-order valence-electron chi connectivity index (χ0n) is 14.0. The maximum atomic E-state index is 11.5. The van der Waals surface area contributed by atoms with Crippen LogP contribution in [0.25, 0.3) is 0 Å². The number of aliphatic imine (C=N–C) groups is 1. The van der Waals surface area contributed by atoms with Crippen molar-refractivity contribution < 1.29 is 14.6 Å². The van der Waals surface area contributed by atoms with Gasteiger partial charge in [0.15, 0.2) is 5.60 Å². The Morgan fingerprint density at radius 1 is 1.50 bits per heavy atom. The molecule has 0 spiro atoms. The van der Waals surface area contributed by atoms with Crippen molar-refractivity contribution in [1.82, 2.24) is 5.32 Å². The lowest BCUT2D eigenvalue weighted by Gasteiger charge is -2.43. The van der Waals surface area contributed by atoms with Crippen LogP contribution in [0.2, 0.25) is 5.02 Å². The van der Waals surface area contributed by atoms with Gasteiger partial charge in [0, 0.05) is 36.8 Å². The van der Waals surface area contributed by atoms with Crippen LogP contribution in [0.3, 0.4) is 0 Å². The molecule has 1 aromatic carbocycles. The SMILES string of the molecule is CCCOC1CNC(OC)C(C2(O)C(N)=Nc3ccc(Cl)cc32)C1. The largest absolute Gasteiger partial charge is 0.384 e. The number of methoxy groups -OCH3 is 1. The van der Waals surface area contributed by atoms with Crippen LogP contribution in [0.5, 0.6) is 0 Å². The van der Waals surface area contributed by atoms with Gasteiger partial charge in [-0.05, 0) is 31.0 Å². The summed E-state index contributed by atoms with van der Waals surface area (Å²) >= 11 is 6.13. The average molecular weight is 354 g/mol. The molecule has 0 radical (unpaired) electrons. The van der Waals surface area contributed by atoms with Crippen molar-refractivity contribution in [3.05, 3.63) is 28.8 Å². The molecule has 3 rings (SSSR count). The van der Waals surface area contributed by atoms with E-state index in [1.165, 1.54) is 0 Å². The quantitative estimate of drug-likeness (QED) is 0.752. The minimum atomic E-state index is -1.43. The Morgan fingerprint density at radius 2 is 2.29 bits per heavy atom. The Bertz CT molecular complexity index is 640. The molecule has 6 nitrogen and oxygen atoms in total. The van der Waals surface area contributed by atoms with E-state index >= 15 is 0 Å². The van der Waals surface area contributed by atoms with Crippen molar-refractivity contribution in [2.75, 3.05) is 20.3 Å². The fourth-order valence-corrected chi connectivity index (χ4v) is 3.75. The first-order valence-corrected chi connectivity index (χ1v) is 8.63. The number of hydrogen-bond donors (Lipinski definition) is 3. The number of fused-ring (bicyclic) bond motifs is 1. The van der Waals surface area contributed by atoms with E-state index in [2.05, 4.69) is 17.2 Å². The molecule has 0 amide bonds. The van der Waals surface area contributed by atoms with Crippen LogP contribution < -0.4 is 11.1 Å². The predicted molar refractivity (Wildman–Crippen MR) is 93.6 cm³/mol.